The minimum atomic E-state index is -0.193. The van der Waals surface area contributed by atoms with Gasteiger partial charge in [0, 0.05) is 0 Å². The maximum absolute atomic E-state index is 11.6. The van der Waals surface area contributed by atoms with E-state index < -0.39 is 0 Å². The van der Waals surface area contributed by atoms with Gasteiger partial charge < -0.3 is 0 Å². The minimum Gasteiger partial charge on any atom is -0.266 e. The average molecular weight is 285 g/mol. The number of carbonyl (C=O) groups is 1. The molecule has 1 N–H and O–H groups in total. The highest BCUT2D eigenvalue weighted by atomic mass is 35.5. The Hall–Kier alpha value is -1.17. The molecule has 0 radical (unpaired) electrons. The van der Waals surface area contributed by atoms with Crippen molar-refractivity contribution in [3.05, 3.63) is 43.7 Å². The summed E-state index contributed by atoms with van der Waals surface area (Å²) in [6, 6.07) is 7.27. The molecule has 0 spiro atoms. The Bertz CT molecular complexity index is 546. The molecule has 2 heterocycles. The average Bonchev–Trinajstić information content (AvgIpc) is 2.95. The molecule has 0 aliphatic rings. The van der Waals surface area contributed by atoms with Gasteiger partial charge in [-0.15, -0.1) is 22.7 Å². The lowest BCUT2D eigenvalue weighted by Crippen LogP contribution is -2.17. The Balaban J connectivity index is 2.04. The quantitative estimate of drug-likeness (QED) is 0.679. The Morgan fingerprint density at radius 3 is 2.76 bits per heavy atom. The predicted octanol–water partition coefficient (Wildman–Crippen LogP) is 3.62. The zero-order valence-electron chi connectivity index (χ0n) is 8.94. The summed E-state index contributed by atoms with van der Waals surface area (Å²) in [4.78, 5) is 13.2. The van der Waals surface area contributed by atoms with Crippen LogP contribution in [-0.2, 0) is 0 Å². The number of amides is 1. The second-order valence-corrected chi connectivity index (χ2v) is 5.88. The first kappa shape index (κ1) is 12.3. The maximum atomic E-state index is 11.6. The van der Waals surface area contributed by atoms with Gasteiger partial charge in [-0.05, 0) is 30.5 Å². The van der Waals surface area contributed by atoms with Crippen LogP contribution in [-0.4, -0.2) is 11.6 Å². The first-order valence-corrected chi connectivity index (χ1v) is 6.88. The molecule has 2 aromatic rings. The van der Waals surface area contributed by atoms with Gasteiger partial charge in [0.1, 0.15) is 0 Å². The van der Waals surface area contributed by atoms with Crippen LogP contribution in [0.2, 0.25) is 4.34 Å². The molecule has 17 heavy (non-hydrogen) atoms. The zero-order valence-corrected chi connectivity index (χ0v) is 11.3. The first-order chi connectivity index (χ1) is 8.16. The molecule has 88 valence electrons. The van der Waals surface area contributed by atoms with E-state index in [2.05, 4.69) is 10.5 Å². The lowest BCUT2D eigenvalue weighted by atomic mass is 10.3. The SMILES string of the molecule is C/C(=N/NC(=O)c1cccs1)c1ccc(Cl)s1. The van der Waals surface area contributed by atoms with Gasteiger partial charge >= 0.3 is 0 Å². The smallest absolute Gasteiger partial charge is 0.266 e. The third kappa shape index (κ3) is 3.15. The molecular formula is C11H9ClN2OS2. The van der Waals surface area contributed by atoms with Crippen molar-refractivity contribution in [2.24, 2.45) is 5.10 Å². The van der Waals surface area contributed by atoms with Gasteiger partial charge in [-0.3, -0.25) is 4.79 Å². The molecule has 2 aromatic heterocycles. The predicted molar refractivity (Wildman–Crippen MR) is 73.3 cm³/mol. The Morgan fingerprint density at radius 1 is 1.35 bits per heavy atom. The Kier molecular flexibility index (Phi) is 3.93. The topological polar surface area (TPSA) is 41.5 Å². The van der Waals surface area contributed by atoms with Gasteiger partial charge in [-0.1, -0.05) is 17.7 Å². The van der Waals surface area contributed by atoms with E-state index in [0.717, 1.165) is 10.6 Å². The van der Waals surface area contributed by atoms with Crippen LogP contribution in [0, 0.1) is 0 Å². The first-order valence-electron chi connectivity index (χ1n) is 4.80. The fraction of sp³-hybridized carbons (Fsp3) is 0.0909. The van der Waals surface area contributed by atoms with Gasteiger partial charge in [0.2, 0.25) is 0 Å². The number of hydrogen-bond acceptors (Lipinski definition) is 4. The van der Waals surface area contributed by atoms with E-state index in [1.54, 1.807) is 6.07 Å². The second kappa shape index (κ2) is 5.44. The summed E-state index contributed by atoms with van der Waals surface area (Å²) in [7, 11) is 0. The molecule has 0 fully saturated rings. The largest absolute Gasteiger partial charge is 0.281 e. The number of nitrogens with one attached hydrogen (secondary N) is 1. The Morgan fingerprint density at radius 2 is 2.18 bits per heavy atom. The van der Waals surface area contributed by atoms with E-state index in [9.17, 15) is 4.79 Å². The van der Waals surface area contributed by atoms with Crippen LogP contribution >= 0.6 is 34.3 Å². The van der Waals surface area contributed by atoms with Gasteiger partial charge in [-0.2, -0.15) is 5.10 Å². The fourth-order valence-corrected chi connectivity index (χ4v) is 2.76. The van der Waals surface area contributed by atoms with Crippen molar-refractivity contribution in [3.8, 4) is 0 Å². The van der Waals surface area contributed by atoms with E-state index in [0.29, 0.717) is 9.21 Å². The van der Waals surface area contributed by atoms with Crippen LogP contribution in [0.3, 0.4) is 0 Å². The minimum absolute atomic E-state index is 0.193. The van der Waals surface area contributed by atoms with Crippen molar-refractivity contribution in [2.45, 2.75) is 6.92 Å². The number of halogens is 1. The van der Waals surface area contributed by atoms with Crippen molar-refractivity contribution >= 4 is 45.9 Å². The van der Waals surface area contributed by atoms with Crippen LogP contribution in [0.25, 0.3) is 0 Å². The third-order valence-electron chi connectivity index (χ3n) is 2.00. The van der Waals surface area contributed by atoms with Crippen molar-refractivity contribution in [1.29, 1.82) is 0 Å². The van der Waals surface area contributed by atoms with Crippen LogP contribution in [0.1, 0.15) is 21.5 Å². The Labute approximate surface area is 112 Å². The number of thiophene rings is 2. The van der Waals surface area contributed by atoms with Crippen LogP contribution < -0.4 is 5.43 Å². The molecule has 0 aliphatic carbocycles. The number of hydrazone groups is 1. The van der Waals surface area contributed by atoms with E-state index >= 15 is 0 Å². The zero-order chi connectivity index (χ0) is 12.3. The summed E-state index contributed by atoms with van der Waals surface area (Å²) in [5.74, 6) is -0.193. The molecule has 0 saturated carbocycles. The van der Waals surface area contributed by atoms with Gasteiger partial charge in [0.15, 0.2) is 0 Å². The highest BCUT2D eigenvalue weighted by molar-refractivity contribution is 7.18. The highest BCUT2D eigenvalue weighted by Crippen LogP contribution is 2.21. The molecule has 1 amide bonds. The molecule has 0 aliphatic heterocycles. The van der Waals surface area contributed by atoms with Gasteiger partial charge in [0.05, 0.1) is 19.8 Å². The highest BCUT2D eigenvalue weighted by Gasteiger charge is 2.06. The van der Waals surface area contributed by atoms with Gasteiger partial charge in [0.25, 0.3) is 5.91 Å². The summed E-state index contributed by atoms with van der Waals surface area (Å²) in [5, 5.41) is 5.89. The van der Waals surface area contributed by atoms with Crippen LogP contribution in [0.5, 0.6) is 0 Å². The van der Waals surface area contributed by atoms with Crippen LogP contribution in [0.15, 0.2) is 34.7 Å². The summed E-state index contributed by atoms with van der Waals surface area (Å²) in [6.45, 7) is 1.83. The summed E-state index contributed by atoms with van der Waals surface area (Å²) < 4.78 is 0.708. The second-order valence-electron chi connectivity index (χ2n) is 3.22. The molecule has 0 atom stereocenters. The summed E-state index contributed by atoms with van der Waals surface area (Å²) in [6.07, 6.45) is 0. The molecule has 3 nitrogen and oxygen atoms in total. The fourth-order valence-electron chi connectivity index (χ4n) is 1.16. The third-order valence-corrected chi connectivity index (χ3v) is 4.21. The van der Waals surface area contributed by atoms with E-state index in [1.165, 1.54) is 22.7 Å². The number of carbonyl (C=O) groups excluding carboxylic acids is 1. The lowest BCUT2D eigenvalue weighted by molar-refractivity contribution is 0.0959. The van der Waals surface area contributed by atoms with Crippen molar-refractivity contribution in [1.82, 2.24) is 5.43 Å². The number of hydrogen-bond donors (Lipinski definition) is 1. The number of rotatable bonds is 3. The van der Waals surface area contributed by atoms with Crippen molar-refractivity contribution < 1.29 is 4.79 Å². The van der Waals surface area contributed by atoms with Gasteiger partial charge in [-0.25, -0.2) is 5.43 Å². The molecule has 0 aromatic carbocycles. The summed E-state index contributed by atoms with van der Waals surface area (Å²) in [5.41, 5.74) is 3.26. The van der Waals surface area contributed by atoms with Crippen molar-refractivity contribution in [2.75, 3.05) is 0 Å². The van der Waals surface area contributed by atoms with E-state index in [4.69, 9.17) is 11.6 Å². The van der Waals surface area contributed by atoms with Crippen LogP contribution in [0.4, 0.5) is 0 Å². The normalized spacial score (nSPS) is 11.5. The standard InChI is InChI=1S/C11H9ClN2OS2/c1-7(8-4-5-10(12)17-8)13-14-11(15)9-3-2-6-16-9/h2-6H,1H3,(H,14,15)/b13-7-. The number of nitrogens with zero attached hydrogens (tertiary/aromatic N) is 1. The summed E-state index contributed by atoms with van der Waals surface area (Å²) >= 11 is 8.64. The van der Waals surface area contributed by atoms with E-state index in [1.807, 2.05) is 30.5 Å². The molecule has 6 heteroatoms. The molecule has 0 bridgehead atoms. The molecule has 0 saturated heterocycles. The van der Waals surface area contributed by atoms with E-state index in [-0.39, 0.29) is 5.91 Å². The molecular weight excluding hydrogens is 276 g/mol. The monoisotopic (exact) mass is 284 g/mol. The molecule has 0 unspecified atom stereocenters. The lowest BCUT2D eigenvalue weighted by Gasteiger charge is -1.98. The maximum Gasteiger partial charge on any atom is 0.281 e. The molecule has 2 rings (SSSR count). The van der Waals surface area contributed by atoms with Crippen molar-refractivity contribution in [3.63, 3.8) is 0 Å².